The van der Waals surface area contributed by atoms with E-state index in [9.17, 15) is 4.79 Å². The Hall–Kier alpha value is -2.60. The number of nitrogens with one attached hydrogen (secondary N) is 1. The topological polar surface area (TPSA) is 77.2 Å². The van der Waals surface area contributed by atoms with Crippen LogP contribution >= 0.6 is 11.6 Å². The Balaban J connectivity index is 1.34. The number of carbonyl (C=O) groups is 1. The second kappa shape index (κ2) is 6.72. The number of fused-ring (bicyclic) bond motifs is 1. The first kappa shape index (κ1) is 15.9. The van der Waals surface area contributed by atoms with Crippen molar-refractivity contribution in [3.05, 3.63) is 58.2 Å². The Bertz CT molecular complexity index is 868. The molecule has 7 heteroatoms. The number of rotatable bonds is 5. The molecule has 0 spiro atoms. The fourth-order valence-electron chi connectivity index (χ4n) is 2.51. The third-order valence-electron chi connectivity index (χ3n) is 4.00. The van der Waals surface area contributed by atoms with Gasteiger partial charge >= 0.3 is 0 Å². The van der Waals surface area contributed by atoms with E-state index in [0.717, 1.165) is 35.6 Å². The van der Waals surface area contributed by atoms with E-state index in [1.807, 2.05) is 18.2 Å². The highest BCUT2D eigenvalue weighted by Crippen LogP contribution is 2.38. The first-order chi connectivity index (χ1) is 12.2. The normalized spacial score (nSPS) is 16.3. The van der Waals surface area contributed by atoms with Gasteiger partial charge in [0.25, 0.3) is 0 Å². The van der Waals surface area contributed by atoms with Crippen LogP contribution in [0.5, 0.6) is 5.75 Å². The van der Waals surface area contributed by atoms with Crippen LogP contribution in [0.3, 0.4) is 0 Å². The number of hydrogen-bond acceptors (Lipinski definition) is 5. The van der Waals surface area contributed by atoms with Crippen LogP contribution in [0.25, 0.3) is 6.08 Å². The largest absolute Gasteiger partial charge is 0.488 e. The summed E-state index contributed by atoms with van der Waals surface area (Å²) in [6, 6.07) is 5.45. The molecule has 1 aliphatic carbocycles. The van der Waals surface area contributed by atoms with E-state index in [1.54, 1.807) is 12.1 Å². The smallest absolute Gasteiger partial charge is 0.246 e. The van der Waals surface area contributed by atoms with Crippen molar-refractivity contribution in [1.29, 1.82) is 0 Å². The Morgan fingerprint density at radius 1 is 1.40 bits per heavy atom. The van der Waals surface area contributed by atoms with Crippen molar-refractivity contribution in [3.8, 4) is 5.75 Å². The molecule has 25 heavy (non-hydrogen) atoms. The van der Waals surface area contributed by atoms with Gasteiger partial charge in [-0.25, -0.2) is 0 Å². The van der Waals surface area contributed by atoms with Crippen LogP contribution in [-0.4, -0.2) is 22.7 Å². The van der Waals surface area contributed by atoms with Crippen molar-refractivity contribution < 1.29 is 14.1 Å². The molecular formula is C18H16ClN3O3. The van der Waals surface area contributed by atoms with Gasteiger partial charge in [0.15, 0.2) is 5.82 Å². The van der Waals surface area contributed by atoms with Gasteiger partial charge in [-0.15, -0.1) is 0 Å². The summed E-state index contributed by atoms with van der Waals surface area (Å²) < 4.78 is 10.8. The predicted molar refractivity (Wildman–Crippen MR) is 92.2 cm³/mol. The van der Waals surface area contributed by atoms with E-state index in [4.69, 9.17) is 20.9 Å². The van der Waals surface area contributed by atoms with E-state index in [0.29, 0.717) is 23.4 Å². The maximum atomic E-state index is 11.9. The van der Waals surface area contributed by atoms with Gasteiger partial charge < -0.3 is 14.6 Å². The number of benzene rings is 1. The average molecular weight is 358 g/mol. The number of halogens is 1. The molecule has 6 nitrogen and oxygen atoms in total. The second-order valence-corrected chi connectivity index (χ2v) is 6.50. The van der Waals surface area contributed by atoms with Crippen LogP contribution in [0.15, 0.2) is 40.4 Å². The van der Waals surface area contributed by atoms with Gasteiger partial charge in [0.2, 0.25) is 11.8 Å². The molecule has 0 radical (unpaired) electrons. The number of hydrogen-bond donors (Lipinski definition) is 1. The molecular weight excluding hydrogens is 342 g/mol. The van der Waals surface area contributed by atoms with E-state index < -0.39 is 0 Å². The Kier molecular flexibility index (Phi) is 4.28. The summed E-state index contributed by atoms with van der Waals surface area (Å²) >= 11 is 5.99. The minimum absolute atomic E-state index is 0.219. The third kappa shape index (κ3) is 3.91. The molecule has 1 N–H and O–H groups in total. The fourth-order valence-corrected chi connectivity index (χ4v) is 2.69. The molecule has 2 aromatic rings. The van der Waals surface area contributed by atoms with Crippen molar-refractivity contribution in [1.82, 2.24) is 15.5 Å². The molecule has 1 aromatic heterocycles. The standard InChI is InChI=1S/C18H16ClN3O3/c19-14-4-5-15-13(8-14)7-11(10-24-15)1-6-16(23)20-9-17-21-18(22-25-17)12-2-3-12/h1,4-8,12H,2-3,9-10H2,(H,20,23)/b6-1-. The van der Waals surface area contributed by atoms with Gasteiger partial charge in [-0.05, 0) is 42.7 Å². The molecule has 0 atom stereocenters. The Morgan fingerprint density at radius 3 is 3.12 bits per heavy atom. The summed E-state index contributed by atoms with van der Waals surface area (Å²) in [5.74, 6) is 2.15. The minimum atomic E-state index is -0.232. The van der Waals surface area contributed by atoms with Crippen LogP contribution < -0.4 is 10.1 Å². The third-order valence-corrected chi connectivity index (χ3v) is 4.23. The van der Waals surface area contributed by atoms with Crippen LogP contribution in [-0.2, 0) is 11.3 Å². The molecule has 2 heterocycles. The van der Waals surface area contributed by atoms with Crippen molar-refractivity contribution in [2.24, 2.45) is 0 Å². The van der Waals surface area contributed by atoms with E-state index >= 15 is 0 Å². The fraction of sp³-hybridized carbons (Fsp3) is 0.278. The monoisotopic (exact) mass is 357 g/mol. The molecule has 1 aromatic carbocycles. The highest BCUT2D eigenvalue weighted by Gasteiger charge is 2.28. The lowest BCUT2D eigenvalue weighted by molar-refractivity contribution is -0.116. The van der Waals surface area contributed by atoms with Crippen molar-refractivity contribution in [3.63, 3.8) is 0 Å². The molecule has 4 rings (SSSR count). The highest BCUT2D eigenvalue weighted by atomic mass is 35.5. The van der Waals surface area contributed by atoms with Crippen LogP contribution in [0.2, 0.25) is 5.02 Å². The lowest BCUT2D eigenvalue weighted by Crippen LogP contribution is -2.20. The van der Waals surface area contributed by atoms with Gasteiger partial charge in [0.1, 0.15) is 12.4 Å². The lowest BCUT2D eigenvalue weighted by atomic mass is 10.1. The zero-order valence-corrected chi connectivity index (χ0v) is 14.1. The number of ether oxygens (including phenoxy) is 1. The Labute approximate surface area is 149 Å². The van der Waals surface area contributed by atoms with Gasteiger partial charge in [0.05, 0.1) is 6.54 Å². The van der Waals surface area contributed by atoms with E-state index in [-0.39, 0.29) is 12.5 Å². The van der Waals surface area contributed by atoms with E-state index in [1.165, 1.54) is 6.08 Å². The van der Waals surface area contributed by atoms with Crippen LogP contribution in [0, 0.1) is 0 Å². The van der Waals surface area contributed by atoms with Gasteiger partial charge in [-0.1, -0.05) is 22.8 Å². The van der Waals surface area contributed by atoms with E-state index in [2.05, 4.69) is 15.5 Å². The molecule has 0 saturated heterocycles. The molecule has 1 fully saturated rings. The molecule has 1 amide bonds. The summed E-state index contributed by atoms with van der Waals surface area (Å²) in [4.78, 5) is 16.2. The van der Waals surface area contributed by atoms with Crippen molar-refractivity contribution in [2.75, 3.05) is 6.61 Å². The molecule has 0 bridgehead atoms. The maximum absolute atomic E-state index is 11.9. The zero-order chi connectivity index (χ0) is 17.2. The van der Waals surface area contributed by atoms with Crippen molar-refractivity contribution >= 4 is 23.6 Å². The van der Waals surface area contributed by atoms with Gasteiger partial charge in [-0.2, -0.15) is 4.98 Å². The number of nitrogens with zero attached hydrogens (tertiary/aromatic N) is 2. The molecule has 128 valence electrons. The molecule has 1 saturated carbocycles. The summed E-state index contributed by atoms with van der Waals surface area (Å²) in [5.41, 5.74) is 1.79. The summed E-state index contributed by atoms with van der Waals surface area (Å²) in [5, 5.41) is 7.29. The van der Waals surface area contributed by atoms with Gasteiger partial charge in [0, 0.05) is 22.6 Å². The first-order valence-electron chi connectivity index (χ1n) is 8.09. The van der Waals surface area contributed by atoms with Gasteiger partial charge in [-0.3, -0.25) is 4.79 Å². The predicted octanol–water partition coefficient (Wildman–Crippen LogP) is 3.25. The SMILES string of the molecule is O=C(/C=C\C1=Cc2cc(Cl)ccc2OC1)NCc1nc(C2CC2)no1. The number of aromatic nitrogens is 2. The second-order valence-electron chi connectivity index (χ2n) is 6.06. The summed E-state index contributed by atoms with van der Waals surface area (Å²) in [7, 11) is 0. The number of amides is 1. The molecule has 1 aliphatic heterocycles. The van der Waals surface area contributed by atoms with Crippen LogP contribution in [0.4, 0.5) is 0 Å². The maximum Gasteiger partial charge on any atom is 0.246 e. The highest BCUT2D eigenvalue weighted by molar-refractivity contribution is 6.30. The minimum Gasteiger partial charge on any atom is -0.488 e. The Morgan fingerprint density at radius 2 is 2.28 bits per heavy atom. The van der Waals surface area contributed by atoms with Crippen LogP contribution in [0.1, 0.15) is 36.0 Å². The van der Waals surface area contributed by atoms with Crippen molar-refractivity contribution in [2.45, 2.75) is 25.3 Å². The average Bonchev–Trinajstić information content (AvgIpc) is 3.36. The quantitative estimate of drug-likeness (QED) is 0.831. The first-order valence-corrected chi connectivity index (χ1v) is 8.46. The summed E-state index contributed by atoms with van der Waals surface area (Å²) in [6.07, 6.45) is 7.36. The molecule has 2 aliphatic rings. The zero-order valence-electron chi connectivity index (χ0n) is 13.4. The summed E-state index contributed by atoms with van der Waals surface area (Å²) in [6.45, 7) is 0.629. The lowest BCUT2D eigenvalue weighted by Gasteiger charge is -2.16. The molecule has 0 unspecified atom stereocenters. The number of carbonyl (C=O) groups excluding carboxylic acids is 1.